The maximum Gasteiger partial charge on any atom is 0.231 e. The van der Waals surface area contributed by atoms with E-state index in [2.05, 4.69) is 10.2 Å². The summed E-state index contributed by atoms with van der Waals surface area (Å²) in [5, 5.41) is 9.44. The second kappa shape index (κ2) is 9.48. The van der Waals surface area contributed by atoms with Gasteiger partial charge in [-0.05, 0) is 48.5 Å². The van der Waals surface area contributed by atoms with Crippen molar-refractivity contribution < 1.29 is 23.7 Å². The van der Waals surface area contributed by atoms with Gasteiger partial charge in [0, 0.05) is 16.8 Å². The van der Waals surface area contributed by atoms with Crippen LogP contribution in [0, 0.1) is 0 Å². The van der Waals surface area contributed by atoms with E-state index in [1.165, 1.54) is 11.8 Å². The van der Waals surface area contributed by atoms with Crippen molar-refractivity contribution in [1.82, 2.24) is 14.8 Å². The number of thioether (sulfide) groups is 1. The van der Waals surface area contributed by atoms with Gasteiger partial charge in [0.15, 0.2) is 39.8 Å². The minimum absolute atomic E-state index is 0.0572. The van der Waals surface area contributed by atoms with Crippen LogP contribution in [0.25, 0.3) is 17.1 Å². The Labute approximate surface area is 200 Å². The van der Waals surface area contributed by atoms with Crippen LogP contribution in [0.5, 0.6) is 23.0 Å². The Morgan fingerprint density at radius 1 is 0.941 bits per heavy atom. The van der Waals surface area contributed by atoms with Gasteiger partial charge in [0.2, 0.25) is 6.79 Å². The summed E-state index contributed by atoms with van der Waals surface area (Å²) in [6.45, 7) is 0.198. The number of ketones is 1. The molecule has 0 unspecified atom stereocenters. The van der Waals surface area contributed by atoms with E-state index in [1.807, 2.05) is 53.1 Å². The fourth-order valence-electron chi connectivity index (χ4n) is 3.62. The molecular weight excluding hydrogens is 454 g/mol. The van der Waals surface area contributed by atoms with Crippen LogP contribution in [0.1, 0.15) is 10.4 Å². The number of fused-ring (bicyclic) bond motifs is 1. The lowest BCUT2D eigenvalue weighted by Gasteiger charge is -2.11. The van der Waals surface area contributed by atoms with Gasteiger partial charge in [-0.2, -0.15) is 0 Å². The summed E-state index contributed by atoms with van der Waals surface area (Å²) in [4.78, 5) is 12.9. The van der Waals surface area contributed by atoms with Gasteiger partial charge in [-0.1, -0.05) is 30.0 Å². The van der Waals surface area contributed by atoms with Crippen molar-refractivity contribution in [3.63, 3.8) is 0 Å². The van der Waals surface area contributed by atoms with Crippen LogP contribution in [-0.2, 0) is 0 Å². The normalized spacial score (nSPS) is 11.9. The average molecular weight is 476 g/mol. The molecule has 0 radical (unpaired) electrons. The number of carbonyl (C=O) groups excluding carboxylic acids is 1. The fourth-order valence-corrected chi connectivity index (χ4v) is 4.47. The van der Waals surface area contributed by atoms with Crippen LogP contribution in [-0.4, -0.2) is 47.3 Å². The van der Waals surface area contributed by atoms with E-state index in [0.29, 0.717) is 39.5 Å². The number of hydrogen-bond donors (Lipinski definition) is 0. The van der Waals surface area contributed by atoms with Crippen molar-refractivity contribution in [2.75, 3.05) is 26.8 Å². The van der Waals surface area contributed by atoms with Crippen molar-refractivity contribution in [3.05, 3.63) is 72.3 Å². The molecule has 0 fully saturated rings. The first-order chi connectivity index (χ1) is 16.7. The minimum Gasteiger partial charge on any atom is -0.493 e. The zero-order valence-corrected chi connectivity index (χ0v) is 19.4. The standard InChI is InChI=1S/C25H21N3O5S/c1-30-20-10-8-16(12-22(20)31-2)19(29)14-34-25-27-26-24(28(25)18-6-4-3-5-7-18)17-9-11-21-23(13-17)33-15-32-21/h3-13H,14-15H2,1-2H3. The molecule has 0 N–H and O–H groups in total. The van der Waals surface area contributed by atoms with Crippen molar-refractivity contribution in [2.45, 2.75) is 5.16 Å². The van der Waals surface area contributed by atoms with Crippen molar-refractivity contribution in [2.24, 2.45) is 0 Å². The SMILES string of the molecule is COc1ccc(C(=O)CSc2nnc(-c3ccc4c(c3)OCO4)n2-c2ccccc2)cc1OC. The molecule has 1 aliphatic heterocycles. The molecule has 1 aromatic heterocycles. The molecule has 34 heavy (non-hydrogen) atoms. The lowest BCUT2D eigenvalue weighted by atomic mass is 10.1. The van der Waals surface area contributed by atoms with Crippen LogP contribution in [0.3, 0.4) is 0 Å². The third-order valence-corrected chi connectivity index (χ3v) is 6.25. The highest BCUT2D eigenvalue weighted by molar-refractivity contribution is 7.99. The lowest BCUT2D eigenvalue weighted by molar-refractivity contribution is 0.102. The summed E-state index contributed by atoms with van der Waals surface area (Å²) in [7, 11) is 3.10. The van der Waals surface area contributed by atoms with Crippen LogP contribution >= 0.6 is 11.8 Å². The minimum atomic E-state index is -0.0572. The van der Waals surface area contributed by atoms with E-state index in [0.717, 1.165) is 11.3 Å². The van der Waals surface area contributed by atoms with Gasteiger partial charge in [-0.25, -0.2) is 0 Å². The van der Waals surface area contributed by atoms with E-state index in [1.54, 1.807) is 32.4 Å². The topological polar surface area (TPSA) is 84.7 Å². The summed E-state index contributed by atoms with van der Waals surface area (Å²) >= 11 is 1.32. The molecule has 2 heterocycles. The Balaban J connectivity index is 1.45. The predicted octanol–water partition coefficient (Wildman–Crippen LogP) is 4.66. The van der Waals surface area contributed by atoms with Crippen LogP contribution < -0.4 is 18.9 Å². The molecule has 0 bridgehead atoms. The molecule has 0 aliphatic carbocycles. The number of aromatic nitrogens is 3. The van der Waals surface area contributed by atoms with Gasteiger partial charge in [0.25, 0.3) is 0 Å². The number of Topliss-reactive ketones (excluding diaryl/α,β-unsaturated/α-hetero) is 1. The summed E-state index contributed by atoms with van der Waals surface area (Å²) in [6.07, 6.45) is 0. The van der Waals surface area contributed by atoms with Crippen molar-refractivity contribution in [3.8, 4) is 40.1 Å². The molecule has 172 valence electrons. The third-order valence-electron chi connectivity index (χ3n) is 5.32. The van der Waals surface area contributed by atoms with E-state index in [-0.39, 0.29) is 18.3 Å². The van der Waals surface area contributed by atoms with E-state index in [4.69, 9.17) is 18.9 Å². The zero-order valence-electron chi connectivity index (χ0n) is 18.6. The number of hydrogen-bond acceptors (Lipinski definition) is 8. The summed E-state index contributed by atoms with van der Waals surface area (Å²) in [6, 6.07) is 20.6. The number of rotatable bonds is 8. The van der Waals surface area contributed by atoms with E-state index in [9.17, 15) is 4.79 Å². The Morgan fingerprint density at radius 2 is 1.74 bits per heavy atom. The van der Waals surface area contributed by atoms with Crippen LogP contribution in [0.2, 0.25) is 0 Å². The molecule has 1 aliphatic rings. The maximum absolute atomic E-state index is 12.9. The number of benzene rings is 3. The number of ether oxygens (including phenoxy) is 4. The summed E-state index contributed by atoms with van der Waals surface area (Å²) < 4.78 is 23.5. The Bertz CT molecular complexity index is 1340. The Kier molecular flexibility index (Phi) is 6.09. The summed E-state index contributed by atoms with van der Waals surface area (Å²) in [5.41, 5.74) is 2.26. The first-order valence-electron chi connectivity index (χ1n) is 10.5. The molecule has 4 aromatic rings. The lowest BCUT2D eigenvalue weighted by Crippen LogP contribution is -2.05. The van der Waals surface area contributed by atoms with Crippen molar-refractivity contribution >= 4 is 17.5 Å². The fraction of sp³-hybridized carbons (Fsp3) is 0.160. The zero-order chi connectivity index (χ0) is 23.5. The van der Waals surface area contributed by atoms with E-state index < -0.39 is 0 Å². The molecule has 0 atom stereocenters. The smallest absolute Gasteiger partial charge is 0.231 e. The molecule has 0 saturated carbocycles. The Hall–Kier alpha value is -3.98. The highest BCUT2D eigenvalue weighted by atomic mass is 32.2. The number of methoxy groups -OCH3 is 2. The third kappa shape index (κ3) is 4.17. The molecular formula is C25H21N3O5S. The second-order valence-electron chi connectivity index (χ2n) is 7.33. The molecule has 3 aromatic carbocycles. The highest BCUT2D eigenvalue weighted by Crippen LogP contribution is 2.37. The average Bonchev–Trinajstić information content (AvgIpc) is 3.53. The van der Waals surface area contributed by atoms with Gasteiger partial charge >= 0.3 is 0 Å². The second-order valence-corrected chi connectivity index (χ2v) is 8.27. The van der Waals surface area contributed by atoms with Gasteiger partial charge in [-0.15, -0.1) is 10.2 Å². The van der Waals surface area contributed by atoms with Crippen LogP contribution in [0.4, 0.5) is 0 Å². The first kappa shape index (κ1) is 21.8. The number of para-hydroxylation sites is 1. The predicted molar refractivity (Wildman–Crippen MR) is 128 cm³/mol. The van der Waals surface area contributed by atoms with E-state index >= 15 is 0 Å². The summed E-state index contributed by atoms with van der Waals surface area (Å²) in [5.74, 6) is 3.22. The van der Waals surface area contributed by atoms with Gasteiger partial charge in [0.05, 0.1) is 20.0 Å². The monoisotopic (exact) mass is 475 g/mol. The number of carbonyl (C=O) groups is 1. The van der Waals surface area contributed by atoms with Gasteiger partial charge in [0.1, 0.15) is 0 Å². The molecule has 8 nitrogen and oxygen atoms in total. The number of nitrogens with zero attached hydrogens (tertiary/aromatic N) is 3. The molecule has 5 rings (SSSR count). The Morgan fingerprint density at radius 3 is 2.53 bits per heavy atom. The molecule has 0 spiro atoms. The van der Waals surface area contributed by atoms with Crippen LogP contribution in [0.15, 0.2) is 71.9 Å². The molecule has 0 amide bonds. The molecule has 9 heteroatoms. The first-order valence-corrected chi connectivity index (χ1v) is 11.5. The maximum atomic E-state index is 12.9. The van der Waals surface area contributed by atoms with Crippen molar-refractivity contribution in [1.29, 1.82) is 0 Å². The van der Waals surface area contributed by atoms with Gasteiger partial charge < -0.3 is 18.9 Å². The largest absolute Gasteiger partial charge is 0.493 e. The molecule has 0 saturated heterocycles. The highest BCUT2D eigenvalue weighted by Gasteiger charge is 2.21. The van der Waals surface area contributed by atoms with Gasteiger partial charge in [-0.3, -0.25) is 9.36 Å². The quantitative estimate of drug-likeness (QED) is 0.269.